The van der Waals surface area contributed by atoms with Crippen LogP contribution < -0.4 is 10.5 Å². The van der Waals surface area contributed by atoms with Crippen molar-refractivity contribution >= 4 is 11.3 Å². The third-order valence-corrected chi connectivity index (χ3v) is 2.84. The van der Waals surface area contributed by atoms with Gasteiger partial charge in [-0.2, -0.15) is 0 Å². The van der Waals surface area contributed by atoms with Crippen LogP contribution in [0.5, 0.6) is 5.75 Å². The van der Waals surface area contributed by atoms with Crippen molar-refractivity contribution in [3.8, 4) is 17.1 Å². The van der Waals surface area contributed by atoms with Gasteiger partial charge in [-0.25, -0.2) is 4.39 Å². The smallest absolute Gasteiger partial charge is 0.168 e. The van der Waals surface area contributed by atoms with E-state index in [9.17, 15) is 4.39 Å². The molecule has 0 aliphatic carbocycles. The number of hydrogen-bond donors (Lipinski definition) is 1. The molecule has 0 saturated carbocycles. The van der Waals surface area contributed by atoms with E-state index in [-0.39, 0.29) is 5.75 Å². The van der Waals surface area contributed by atoms with Crippen molar-refractivity contribution in [1.29, 1.82) is 0 Å². The van der Waals surface area contributed by atoms with Crippen LogP contribution in [0.3, 0.4) is 0 Å². The molecule has 1 aromatic carbocycles. The van der Waals surface area contributed by atoms with E-state index in [1.165, 1.54) is 13.2 Å². The highest BCUT2D eigenvalue weighted by Gasteiger charge is 2.11. The predicted molar refractivity (Wildman–Crippen MR) is 69.3 cm³/mol. The third kappa shape index (κ3) is 1.87. The van der Waals surface area contributed by atoms with Crippen molar-refractivity contribution in [3.63, 3.8) is 0 Å². The van der Waals surface area contributed by atoms with Crippen molar-refractivity contribution in [3.05, 3.63) is 42.3 Å². The Hall–Kier alpha value is -2.63. The maximum Gasteiger partial charge on any atom is 0.168 e. The molecule has 2 N–H and O–H groups in total. The van der Waals surface area contributed by atoms with Gasteiger partial charge in [0.25, 0.3) is 0 Å². The van der Waals surface area contributed by atoms with Gasteiger partial charge in [0.2, 0.25) is 0 Å². The minimum Gasteiger partial charge on any atom is -0.494 e. The first-order valence-electron chi connectivity index (χ1n) is 5.63. The number of pyridine rings is 1. The highest BCUT2D eigenvalue weighted by Crippen LogP contribution is 2.25. The number of nitrogens with zero attached hydrogens (tertiary/aromatic N) is 3. The summed E-state index contributed by atoms with van der Waals surface area (Å²) in [6.45, 7) is 0. The van der Waals surface area contributed by atoms with Crippen molar-refractivity contribution in [1.82, 2.24) is 14.6 Å². The van der Waals surface area contributed by atoms with Crippen molar-refractivity contribution in [2.45, 2.75) is 0 Å². The topological polar surface area (TPSA) is 65.4 Å². The first kappa shape index (κ1) is 11.5. The number of nitrogens with two attached hydrogens (primary N) is 1. The molecule has 0 spiro atoms. The van der Waals surface area contributed by atoms with Crippen LogP contribution in [0.25, 0.3) is 17.0 Å². The molecule has 6 heteroatoms. The fraction of sp³-hybridized carbons (Fsp3) is 0.0769. The zero-order valence-electron chi connectivity index (χ0n) is 10.2. The fourth-order valence-electron chi connectivity index (χ4n) is 1.91. The number of anilines is 1. The quantitative estimate of drug-likeness (QED) is 0.764. The molecule has 0 atom stereocenters. The molecule has 19 heavy (non-hydrogen) atoms. The van der Waals surface area contributed by atoms with Crippen LogP contribution in [-0.4, -0.2) is 21.7 Å². The molecule has 5 nitrogen and oxygen atoms in total. The Morgan fingerprint density at radius 1 is 1.21 bits per heavy atom. The molecule has 0 aliphatic heterocycles. The summed E-state index contributed by atoms with van der Waals surface area (Å²) in [6, 6.07) is 8.13. The van der Waals surface area contributed by atoms with Gasteiger partial charge in [-0.05, 0) is 30.3 Å². The Kier molecular flexibility index (Phi) is 2.56. The molecule has 0 radical (unpaired) electrons. The second-order valence-corrected chi connectivity index (χ2v) is 4.06. The van der Waals surface area contributed by atoms with E-state index < -0.39 is 5.82 Å². The number of benzene rings is 1. The highest BCUT2D eigenvalue weighted by molar-refractivity contribution is 5.62. The zero-order chi connectivity index (χ0) is 13.4. The number of fused-ring (bicyclic) bond motifs is 1. The molecule has 2 heterocycles. The number of rotatable bonds is 2. The molecule has 0 unspecified atom stereocenters. The number of nitrogen functional groups attached to an aromatic ring is 1. The van der Waals surface area contributed by atoms with Gasteiger partial charge in [-0.15, -0.1) is 10.2 Å². The van der Waals surface area contributed by atoms with Crippen LogP contribution >= 0.6 is 0 Å². The minimum atomic E-state index is -0.444. The summed E-state index contributed by atoms with van der Waals surface area (Å²) in [6.07, 6.45) is 1.70. The van der Waals surface area contributed by atoms with Crippen LogP contribution in [-0.2, 0) is 0 Å². The Labute approximate surface area is 108 Å². The minimum absolute atomic E-state index is 0.192. The summed E-state index contributed by atoms with van der Waals surface area (Å²) in [7, 11) is 1.42. The first-order chi connectivity index (χ1) is 9.19. The number of hydrogen-bond acceptors (Lipinski definition) is 4. The van der Waals surface area contributed by atoms with E-state index >= 15 is 0 Å². The molecule has 96 valence electrons. The van der Waals surface area contributed by atoms with Crippen molar-refractivity contribution < 1.29 is 9.13 Å². The standard InChI is InChI=1S/C13H11FN4O/c1-19-11-4-2-8(6-10(11)14)13-17-16-12-5-3-9(15)7-18(12)13/h2-7H,15H2,1H3. The monoisotopic (exact) mass is 258 g/mol. The van der Waals surface area contributed by atoms with Crippen molar-refractivity contribution in [2.24, 2.45) is 0 Å². The van der Waals surface area contributed by atoms with Crippen molar-refractivity contribution in [2.75, 3.05) is 12.8 Å². The van der Waals surface area contributed by atoms with Gasteiger partial charge in [0, 0.05) is 17.4 Å². The van der Waals surface area contributed by atoms with E-state index in [2.05, 4.69) is 10.2 Å². The molecular weight excluding hydrogens is 247 g/mol. The van der Waals surface area contributed by atoms with Gasteiger partial charge in [-0.3, -0.25) is 4.40 Å². The lowest BCUT2D eigenvalue weighted by Gasteiger charge is -2.04. The fourth-order valence-corrected chi connectivity index (χ4v) is 1.91. The van der Waals surface area contributed by atoms with Gasteiger partial charge >= 0.3 is 0 Å². The number of methoxy groups -OCH3 is 1. The summed E-state index contributed by atoms with van der Waals surface area (Å²) >= 11 is 0. The lowest BCUT2D eigenvalue weighted by atomic mass is 10.2. The summed E-state index contributed by atoms with van der Waals surface area (Å²) in [5, 5.41) is 8.07. The largest absolute Gasteiger partial charge is 0.494 e. The third-order valence-electron chi connectivity index (χ3n) is 2.84. The van der Waals surface area contributed by atoms with Gasteiger partial charge in [0.15, 0.2) is 23.0 Å². The molecule has 0 saturated heterocycles. The number of ether oxygens (including phenoxy) is 1. The normalized spacial score (nSPS) is 10.8. The maximum absolute atomic E-state index is 13.7. The van der Waals surface area contributed by atoms with E-state index in [0.717, 1.165) is 0 Å². The second-order valence-electron chi connectivity index (χ2n) is 4.06. The summed E-state index contributed by atoms with van der Waals surface area (Å²) in [5.74, 6) is 0.279. The number of halogens is 1. The highest BCUT2D eigenvalue weighted by atomic mass is 19.1. The Bertz CT molecular complexity index is 753. The van der Waals surface area contributed by atoms with E-state index in [4.69, 9.17) is 10.5 Å². The summed E-state index contributed by atoms with van der Waals surface area (Å²) in [5.41, 5.74) is 7.58. The lowest BCUT2D eigenvalue weighted by molar-refractivity contribution is 0.386. The van der Waals surface area contributed by atoms with Gasteiger partial charge in [0.05, 0.1) is 7.11 Å². The molecule has 3 aromatic rings. The predicted octanol–water partition coefficient (Wildman–Crippen LogP) is 2.13. The molecule has 0 amide bonds. The molecule has 3 rings (SSSR count). The van der Waals surface area contributed by atoms with E-state index in [0.29, 0.717) is 22.7 Å². The van der Waals surface area contributed by atoms with Crippen LogP contribution in [0.2, 0.25) is 0 Å². The average molecular weight is 258 g/mol. The van der Waals surface area contributed by atoms with Gasteiger partial charge < -0.3 is 10.5 Å². The Morgan fingerprint density at radius 3 is 2.79 bits per heavy atom. The van der Waals surface area contributed by atoms with E-state index in [1.54, 1.807) is 34.9 Å². The van der Waals surface area contributed by atoms with E-state index in [1.807, 2.05) is 0 Å². The second kappa shape index (κ2) is 4.24. The number of aromatic nitrogens is 3. The molecule has 2 aromatic heterocycles. The van der Waals surface area contributed by atoms with Gasteiger partial charge in [-0.1, -0.05) is 0 Å². The van der Waals surface area contributed by atoms with Crippen LogP contribution in [0, 0.1) is 5.82 Å². The summed E-state index contributed by atoms with van der Waals surface area (Å²) < 4.78 is 20.3. The Balaban J connectivity index is 2.18. The lowest BCUT2D eigenvalue weighted by Crippen LogP contribution is -1.94. The van der Waals surface area contributed by atoms with Crippen LogP contribution in [0.15, 0.2) is 36.5 Å². The molecular formula is C13H11FN4O. The molecule has 0 aliphatic rings. The molecule has 0 bridgehead atoms. The SMILES string of the molecule is COc1ccc(-c2nnc3ccc(N)cn23)cc1F. The van der Waals surface area contributed by atoms with Gasteiger partial charge in [0.1, 0.15) is 0 Å². The first-order valence-corrected chi connectivity index (χ1v) is 5.63. The maximum atomic E-state index is 13.7. The molecule has 0 fully saturated rings. The van der Waals surface area contributed by atoms with Crippen LogP contribution in [0.1, 0.15) is 0 Å². The zero-order valence-corrected chi connectivity index (χ0v) is 10.2. The van der Waals surface area contributed by atoms with Crippen LogP contribution in [0.4, 0.5) is 10.1 Å². The summed E-state index contributed by atoms with van der Waals surface area (Å²) in [4.78, 5) is 0. The average Bonchev–Trinajstić information content (AvgIpc) is 2.81. The Morgan fingerprint density at radius 2 is 2.05 bits per heavy atom.